The van der Waals surface area contributed by atoms with E-state index in [4.69, 9.17) is 14.2 Å². The molecule has 0 aliphatic rings. The molecule has 0 aromatic carbocycles. The molecule has 80 heavy (non-hydrogen) atoms. The molecule has 0 aliphatic heterocycles. The quantitative estimate of drug-likeness (QED) is 0.0261. The average Bonchev–Trinajstić information content (AvgIpc) is 3.46. The van der Waals surface area contributed by atoms with Gasteiger partial charge in [0, 0.05) is 19.3 Å². The van der Waals surface area contributed by atoms with E-state index in [1.807, 2.05) is 0 Å². The van der Waals surface area contributed by atoms with Gasteiger partial charge in [0.25, 0.3) is 0 Å². The third kappa shape index (κ3) is 65.9. The van der Waals surface area contributed by atoms with Gasteiger partial charge in [-0.3, -0.25) is 14.4 Å². The van der Waals surface area contributed by atoms with Crippen molar-refractivity contribution < 1.29 is 28.6 Å². The van der Waals surface area contributed by atoms with E-state index < -0.39 is 6.10 Å². The van der Waals surface area contributed by atoms with Gasteiger partial charge in [0.05, 0.1) is 0 Å². The molecule has 0 aliphatic carbocycles. The number of allylic oxidation sites excluding steroid dienone is 10. The molecule has 0 bridgehead atoms. The number of rotatable bonds is 65. The Kier molecular flexibility index (Phi) is 66.1. The number of carbonyl (C=O) groups excluding carboxylic acids is 3. The van der Waals surface area contributed by atoms with Crippen LogP contribution in [0.2, 0.25) is 0 Å². The molecule has 0 N–H and O–H groups in total. The Balaban J connectivity index is 3.91. The summed E-state index contributed by atoms with van der Waals surface area (Å²) in [6.45, 7) is 6.49. The average molecular weight is 1120 g/mol. The van der Waals surface area contributed by atoms with Gasteiger partial charge in [-0.2, -0.15) is 0 Å². The molecule has 0 amide bonds. The van der Waals surface area contributed by atoms with Crippen LogP contribution in [-0.4, -0.2) is 37.2 Å². The minimum Gasteiger partial charge on any atom is -0.462 e. The van der Waals surface area contributed by atoms with Gasteiger partial charge < -0.3 is 14.2 Å². The monoisotopic (exact) mass is 1120 g/mol. The van der Waals surface area contributed by atoms with Gasteiger partial charge in [-0.1, -0.05) is 351 Å². The van der Waals surface area contributed by atoms with E-state index in [1.54, 1.807) is 0 Å². The van der Waals surface area contributed by atoms with E-state index in [0.717, 1.165) is 103 Å². The molecule has 466 valence electrons. The molecule has 0 aromatic heterocycles. The fourth-order valence-corrected chi connectivity index (χ4v) is 10.5. The van der Waals surface area contributed by atoms with Crippen LogP contribution in [0.4, 0.5) is 0 Å². The zero-order chi connectivity index (χ0) is 57.8. The molecular formula is C74H134O6. The van der Waals surface area contributed by atoms with Crippen molar-refractivity contribution in [3.05, 3.63) is 60.8 Å². The topological polar surface area (TPSA) is 78.9 Å². The summed E-state index contributed by atoms with van der Waals surface area (Å²) in [5.41, 5.74) is 0. The van der Waals surface area contributed by atoms with Crippen molar-refractivity contribution in [2.24, 2.45) is 0 Å². The van der Waals surface area contributed by atoms with Crippen LogP contribution in [0.15, 0.2) is 60.8 Å². The lowest BCUT2D eigenvalue weighted by Crippen LogP contribution is -2.30. The van der Waals surface area contributed by atoms with Crippen LogP contribution in [0.5, 0.6) is 0 Å². The highest BCUT2D eigenvalue weighted by atomic mass is 16.6. The Morgan fingerprint density at radius 2 is 0.487 bits per heavy atom. The molecule has 0 saturated heterocycles. The maximum absolute atomic E-state index is 12.8. The fourth-order valence-electron chi connectivity index (χ4n) is 10.5. The third-order valence-electron chi connectivity index (χ3n) is 15.8. The van der Waals surface area contributed by atoms with Gasteiger partial charge in [0.2, 0.25) is 0 Å². The van der Waals surface area contributed by atoms with Crippen LogP contribution >= 0.6 is 0 Å². The van der Waals surface area contributed by atoms with Gasteiger partial charge in [-0.25, -0.2) is 0 Å². The van der Waals surface area contributed by atoms with E-state index in [-0.39, 0.29) is 31.1 Å². The largest absolute Gasteiger partial charge is 0.462 e. The van der Waals surface area contributed by atoms with Crippen molar-refractivity contribution in [2.75, 3.05) is 13.2 Å². The van der Waals surface area contributed by atoms with Crippen molar-refractivity contribution in [2.45, 2.75) is 380 Å². The first-order valence-corrected chi connectivity index (χ1v) is 35.3. The molecule has 6 heteroatoms. The second-order valence-corrected chi connectivity index (χ2v) is 23.8. The lowest BCUT2D eigenvalue weighted by molar-refractivity contribution is -0.167. The Hall–Kier alpha value is -2.89. The smallest absolute Gasteiger partial charge is 0.306 e. The first-order valence-electron chi connectivity index (χ1n) is 35.3. The van der Waals surface area contributed by atoms with Crippen molar-refractivity contribution >= 4 is 17.9 Å². The predicted octanol–water partition coefficient (Wildman–Crippen LogP) is 24.3. The molecule has 1 unspecified atom stereocenters. The minimum atomic E-state index is -0.776. The van der Waals surface area contributed by atoms with E-state index >= 15 is 0 Å². The molecule has 6 nitrogen and oxygen atoms in total. The van der Waals surface area contributed by atoms with E-state index in [1.165, 1.54) is 231 Å². The van der Waals surface area contributed by atoms with Crippen molar-refractivity contribution in [1.82, 2.24) is 0 Å². The lowest BCUT2D eigenvalue weighted by Gasteiger charge is -2.18. The molecule has 0 heterocycles. The zero-order valence-electron chi connectivity index (χ0n) is 53.6. The summed E-state index contributed by atoms with van der Waals surface area (Å²) in [7, 11) is 0. The van der Waals surface area contributed by atoms with Crippen LogP contribution in [0.3, 0.4) is 0 Å². The van der Waals surface area contributed by atoms with E-state index in [2.05, 4.69) is 81.5 Å². The summed E-state index contributed by atoms with van der Waals surface area (Å²) < 4.78 is 16.8. The van der Waals surface area contributed by atoms with Crippen molar-refractivity contribution in [3.8, 4) is 0 Å². The number of ether oxygens (including phenoxy) is 3. The summed E-state index contributed by atoms with van der Waals surface area (Å²) in [6, 6.07) is 0. The standard InChI is InChI=1S/C74H134O6/c1-4-7-10-13-15-17-19-21-23-25-27-29-31-32-33-34-35-36-37-38-39-40-41-43-44-46-48-50-52-54-56-58-61-64-67-73(76)79-70-71(69-78-72(75)66-63-60-12-9-6-3)80-74(77)68-65-62-59-57-55-53-51-49-47-45-42-30-28-26-24-22-20-18-16-14-11-8-5-2/h8,11,16,18,22,24,28,30,45,47,71H,4-7,9-10,12-15,17,19-21,23,25-27,29,31-44,46,48-70H2,1-3H3/b11-8-,18-16-,24-22-,30-28-,47-45-. The number of unbranched alkanes of at least 4 members (excludes halogenated alkanes) is 44. The summed E-state index contributed by atoms with van der Waals surface area (Å²) in [5.74, 6) is -0.884. The highest BCUT2D eigenvalue weighted by molar-refractivity contribution is 5.71. The lowest BCUT2D eigenvalue weighted by atomic mass is 10.0. The molecule has 0 radical (unpaired) electrons. The van der Waals surface area contributed by atoms with Gasteiger partial charge >= 0.3 is 17.9 Å². The second-order valence-electron chi connectivity index (χ2n) is 23.8. The summed E-state index contributed by atoms with van der Waals surface area (Å²) in [4.78, 5) is 38.0. The van der Waals surface area contributed by atoms with Crippen LogP contribution in [-0.2, 0) is 28.6 Å². The number of hydrogen-bond acceptors (Lipinski definition) is 6. The van der Waals surface area contributed by atoms with Crippen LogP contribution in [0.25, 0.3) is 0 Å². The van der Waals surface area contributed by atoms with Crippen LogP contribution in [0, 0.1) is 0 Å². The number of esters is 3. The van der Waals surface area contributed by atoms with Crippen molar-refractivity contribution in [3.63, 3.8) is 0 Å². The third-order valence-corrected chi connectivity index (χ3v) is 15.8. The highest BCUT2D eigenvalue weighted by Crippen LogP contribution is 2.19. The summed E-state index contributed by atoms with van der Waals surface area (Å²) in [6.07, 6.45) is 88.9. The van der Waals surface area contributed by atoms with E-state index in [9.17, 15) is 14.4 Å². The first-order chi connectivity index (χ1) is 39.5. The second kappa shape index (κ2) is 68.6. The van der Waals surface area contributed by atoms with Gasteiger partial charge in [-0.15, -0.1) is 0 Å². The summed E-state index contributed by atoms with van der Waals surface area (Å²) >= 11 is 0. The van der Waals surface area contributed by atoms with E-state index in [0.29, 0.717) is 19.3 Å². The Labute approximate surface area is 498 Å². The van der Waals surface area contributed by atoms with Crippen LogP contribution in [0.1, 0.15) is 374 Å². The zero-order valence-corrected chi connectivity index (χ0v) is 53.6. The molecule has 1 atom stereocenters. The fraction of sp³-hybridized carbons (Fsp3) is 0.824. The normalized spacial score (nSPS) is 12.4. The number of carbonyl (C=O) groups is 3. The minimum absolute atomic E-state index is 0.0757. The Morgan fingerprint density at radius 3 is 0.762 bits per heavy atom. The van der Waals surface area contributed by atoms with Gasteiger partial charge in [-0.05, 0) is 64.2 Å². The maximum atomic E-state index is 12.8. The van der Waals surface area contributed by atoms with Gasteiger partial charge in [0.15, 0.2) is 6.10 Å². The highest BCUT2D eigenvalue weighted by Gasteiger charge is 2.19. The molecule has 0 rings (SSSR count). The predicted molar refractivity (Wildman–Crippen MR) is 348 cm³/mol. The molecule has 0 spiro atoms. The van der Waals surface area contributed by atoms with Crippen molar-refractivity contribution in [1.29, 1.82) is 0 Å². The summed E-state index contributed by atoms with van der Waals surface area (Å²) in [5, 5.41) is 0. The molecule has 0 aromatic rings. The number of hydrogen-bond donors (Lipinski definition) is 0. The maximum Gasteiger partial charge on any atom is 0.306 e. The Morgan fingerprint density at radius 1 is 0.263 bits per heavy atom. The molecule has 0 fully saturated rings. The SMILES string of the molecule is CC/C=C\C/C=C\C/C=C\C/C=C\C/C=C\CCCCCCCCCC(=O)OC(COC(=O)CCCCCCC)COC(=O)CCCCCCCCCCCCCCCCCCCCCCCCCCCCCCCCCCCC. The van der Waals surface area contributed by atoms with Gasteiger partial charge in [0.1, 0.15) is 13.2 Å². The molecule has 0 saturated carbocycles. The first kappa shape index (κ1) is 77.1. The Bertz CT molecular complexity index is 1430. The van der Waals surface area contributed by atoms with Crippen LogP contribution < -0.4 is 0 Å². The molecular weight excluding hydrogens is 985 g/mol.